The van der Waals surface area contributed by atoms with Crippen molar-refractivity contribution >= 4 is 34.9 Å². The number of aromatic amines is 3. The lowest BCUT2D eigenvalue weighted by Gasteiger charge is -2.30. The summed E-state index contributed by atoms with van der Waals surface area (Å²) in [5.41, 5.74) is 6.92. The van der Waals surface area contributed by atoms with Gasteiger partial charge in [0.25, 0.3) is 0 Å². The molecular formula is C43H55N9O6. The molecule has 1 fully saturated rings. The summed E-state index contributed by atoms with van der Waals surface area (Å²) in [6.45, 7) is 10.7. The minimum atomic E-state index is -0.690. The number of likely N-dealkylation sites (tertiary alicyclic amines) is 1. The van der Waals surface area contributed by atoms with Crippen molar-refractivity contribution in [3.63, 3.8) is 0 Å². The number of imidazole rings is 2. The van der Waals surface area contributed by atoms with Crippen molar-refractivity contribution in [2.75, 3.05) is 27.3 Å². The predicted octanol–water partition coefficient (Wildman–Crippen LogP) is 7.04. The molecule has 0 aliphatic carbocycles. The monoisotopic (exact) mass is 793 g/mol. The van der Waals surface area contributed by atoms with Gasteiger partial charge in [0.2, 0.25) is 11.8 Å². The average molecular weight is 794 g/mol. The number of carbonyl (C=O) groups excluding carboxylic acids is 4. The lowest BCUT2D eigenvalue weighted by atomic mass is 9.97. The van der Waals surface area contributed by atoms with Gasteiger partial charge in [-0.15, -0.1) is 0 Å². The van der Waals surface area contributed by atoms with Crippen LogP contribution in [0.5, 0.6) is 0 Å². The normalized spacial score (nSPS) is 15.7. The Balaban J connectivity index is 1.09. The van der Waals surface area contributed by atoms with Gasteiger partial charge in [0.1, 0.15) is 23.7 Å². The summed E-state index contributed by atoms with van der Waals surface area (Å²) in [6, 6.07) is 13.1. The van der Waals surface area contributed by atoms with Crippen LogP contribution in [0.15, 0.2) is 61.1 Å². The molecule has 0 radical (unpaired) electrons. The second kappa shape index (κ2) is 18.4. The number of hydrogen-bond acceptors (Lipinski definition) is 8. The molecular weight excluding hydrogens is 739 g/mol. The van der Waals surface area contributed by atoms with Crippen LogP contribution in [0.3, 0.4) is 0 Å². The number of aromatic nitrogens is 5. The summed E-state index contributed by atoms with van der Waals surface area (Å²) < 4.78 is 9.42. The van der Waals surface area contributed by atoms with Crippen LogP contribution in [0.25, 0.3) is 44.5 Å². The van der Waals surface area contributed by atoms with E-state index in [1.807, 2.05) is 51.2 Å². The van der Waals surface area contributed by atoms with E-state index in [-0.39, 0.29) is 35.6 Å². The van der Waals surface area contributed by atoms with Gasteiger partial charge in [-0.1, -0.05) is 71.0 Å². The smallest absolute Gasteiger partial charge is 0.407 e. The van der Waals surface area contributed by atoms with Crippen LogP contribution in [-0.4, -0.2) is 93.2 Å². The number of H-pyrrole nitrogens is 3. The van der Waals surface area contributed by atoms with Crippen LogP contribution in [0.1, 0.15) is 83.9 Å². The first kappa shape index (κ1) is 41.5. The molecule has 4 amide bonds. The van der Waals surface area contributed by atoms with Crippen LogP contribution >= 0.6 is 0 Å². The van der Waals surface area contributed by atoms with E-state index in [1.54, 1.807) is 0 Å². The Labute approximate surface area is 338 Å². The molecule has 1 saturated heterocycles. The molecule has 2 aromatic carbocycles. The van der Waals surface area contributed by atoms with Crippen molar-refractivity contribution in [1.82, 2.24) is 45.8 Å². The highest BCUT2D eigenvalue weighted by Gasteiger charge is 2.37. The topological polar surface area (TPSA) is 199 Å². The summed E-state index contributed by atoms with van der Waals surface area (Å²) >= 11 is 0. The van der Waals surface area contributed by atoms with Gasteiger partial charge in [0, 0.05) is 36.2 Å². The van der Waals surface area contributed by atoms with Crippen LogP contribution in [0.4, 0.5) is 9.59 Å². The maximum atomic E-state index is 13.6. The van der Waals surface area contributed by atoms with Crippen molar-refractivity contribution in [3.8, 4) is 33.6 Å². The Morgan fingerprint density at radius 1 is 0.810 bits per heavy atom. The van der Waals surface area contributed by atoms with Crippen molar-refractivity contribution < 1.29 is 28.7 Å². The van der Waals surface area contributed by atoms with Crippen molar-refractivity contribution in [2.45, 2.75) is 84.3 Å². The number of fused-ring (bicyclic) bond motifs is 1. The van der Waals surface area contributed by atoms with Gasteiger partial charge in [0.15, 0.2) is 0 Å². The molecule has 15 heteroatoms. The molecule has 6 N–H and O–H groups in total. The molecule has 3 aromatic heterocycles. The second-order valence-corrected chi connectivity index (χ2v) is 15.6. The zero-order chi connectivity index (χ0) is 41.5. The lowest BCUT2D eigenvalue weighted by molar-refractivity contribution is -0.135. The number of nitrogens with one attached hydrogen (secondary N) is 6. The zero-order valence-corrected chi connectivity index (χ0v) is 34.3. The van der Waals surface area contributed by atoms with Gasteiger partial charge in [-0.2, -0.15) is 0 Å². The summed E-state index contributed by atoms with van der Waals surface area (Å²) in [4.78, 5) is 71.5. The molecule has 1 aliphatic rings. The highest BCUT2D eigenvalue weighted by molar-refractivity contribution is 6.02. The van der Waals surface area contributed by atoms with Gasteiger partial charge < -0.3 is 45.3 Å². The van der Waals surface area contributed by atoms with Gasteiger partial charge in [-0.3, -0.25) is 9.59 Å². The van der Waals surface area contributed by atoms with Crippen LogP contribution in [-0.2, 0) is 19.1 Å². The van der Waals surface area contributed by atoms with Crippen LogP contribution < -0.4 is 16.0 Å². The summed E-state index contributed by atoms with van der Waals surface area (Å²) in [5, 5.41) is 9.32. The standard InChI is InChI=1S/C43H55N9O6/c1-24(2)35(50-42(55)57-6)40(53)45-19-8-10-26(5)38-46-23-33(49-38)31-17-16-29(30-18-20-44-37(30)31)27-12-14-28(15-13-27)32-22-47-39(48-32)34-11-9-21-52(34)41(54)36(25(3)4)51-43(56)58-7/h12-18,20,22-26,34-36,44H,8-11,19,21H2,1-7H3,(H,45,53)(H,46,49)(H,47,48)(H,50,55)(H,51,56)/t26-,34+,35+,36+/m1/s1. The fourth-order valence-electron chi connectivity index (χ4n) is 7.62. The third-order valence-electron chi connectivity index (χ3n) is 10.9. The van der Waals surface area contributed by atoms with Crippen LogP contribution in [0.2, 0.25) is 0 Å². The Kier molecular flexibility index (Phi) is 13.2. The minimum Gasteiger partial charge on any atom is -0.453 e. The van der Waals surface area contributed by atoms with Gasteiger partial charge in [-0.25, -0.2) is 19.6 Å². The van der Waals surface area contributed by atoms with Gasteiger partial charge in [-0.05, 0) is 60.3 Å². The first-order chi connectivity index (χ1) is 27.9. The highest BCUT2D eigenvalue weighted by Crippen LogP contribution is 2.37. The van der Waals surface area contributed by atoms with Crippen molar-refractivity contribution in [1.29, 1.82) is 0 Å². The van der Waals surface area contributed by atoms with E-state index in [2.05, 4.69) is 85.0 Å². The largest absolute Gasteiger partial charge is 0.453 e. The molecule has 5 aromatic rings. The number of benzene rings is 2. The Hall–Kier alpha value is -6.12. The highest BCUT2D eigenvalue weighted by atomic mass is 16.5. The zero-order valence-electron chi connectivity index (χ0n) is 34.3. The third kappa shape index (κ3) is 9.19. The summed E-state index contributed by atoms with van der Waals surface area (Å²) in [7, 11) is 2.57. The number of hydrogen-bond donors (Lipinski definition) is 6. The predicted molar refractivity (Wildman–Crippen MR) is 222 cm³/mol. The van der Waals surface area contributed by atoms with Crippen molar-refractivity contribution in [2.24, 2.45) is 11.8 Å². The Morgan fingerprint density at radius 3 is 2.16 bits per heavy atom. The lowest BCUT2D eigenvalue weighted by Crippen LogP contribution is -2.51. The van der Waals surface area contributed by atoms with E-state index >= 15 is 0 Å². The van der Waals surface area contributed by atoms with E-state index in [1.165, 1.54) is 14.2 Å². The molecule has 4 heterocycles. The van der Waals surface area contributed by atoms with Gasteiger partial charge in [0.05, 0.1) is 49.6 Å². The van der Waals surface area contributed by atoms with E-state index in [0.717, 1.165) is 81.9 Å². The number of methoxy groups -OCH3 is 2. The minimum absolute atomic E-state index is 0.0815. The van der Waals surface area contributed by atoms with E-state index in [0.29, 0.717) is 13.1 Å². The van der Waals surface area contributed by atoms with Crippen LogP contribution in [0, 0.1) is 11.8 Å². The fourth-order valence-corrected chi connectivity index (χ4v) is 7.62. The van der Waals surface area contributed by atoms with Gasteiger partial charge >= 0.3 is 12.2 Å². The molecule has 0 bridgehead atoms. The van der Waals surface area contributed by atoms with E-state index < -0.39 is 24.3 Å². The van der Waals surface area contributed by atoms with E-state index in [4.69, 9.17) is 14.7 Å². The second-order valence-electron chi connectivity index (χ2n) is 15.6. The summed E-state index contributed by atoms with van der Waals surface area (Å²) in [5.74, 6) is 1.17. The molecule has 0 saturated carbocycles. The molecule has 1 aliphatic heterocycles. The SMILES string of the molecule is COC(=O)N[C@H](C(=O)NCCC[C@@H](C)c1ncc(-c2ccc(-c3ccc(-c4cnc([C@@H]5CCCN5C(=O)[C@@H](NC(=O)OC)C(C)C)[nH]4)cc3)c3cc[nH]c23)[nH]1)C(C)C. The number of rotatable bonds is 15. The number of nitrogens with zero attached hydrogens (tertiary/aromatic N) is 3. The third-order valence-corrected chi connectivity index (χ3v) is 10.9. The first-order valence-corrected chi connectivity index (χ1v) is 20.0. The molecule has 0 spiro atoms. The molecule has 0 unspecified atom stereocenters. The molecule has 4 atom stereocenters. The maximum absolute atomic E-state index is 13.6. The fraction of sp³-hybridized carbons (Fsp3) is 0.442. The number of alkyl carbamates (subject to hydrolysis) is 2. The van der Waals surface area contributed by atoms with Crippen molar-refractivity contribution in [3.05, 3.63) is 72.7 Å². The first-order valence-electron chi connectivity index (χ1n) is 20.0. The number of carbonyl (C=O) groups is 4. The molecule has 58 heavy (non-hydrogen) atoms. The Morgan fingerprint density at radius 2 is 1.47 bits per heavy atom. The quantitative estimate of drug-likeness (QED) is 0.0607. The number of amides is 4. The van der Waals surface area contributed by atoms with E-state index in [9.17, 15) is 19.2 Å². The maximum Gasteiger partial charge on any atom is 0.407 e. The summed E-state index contributed by atoms with van der Waals surface area (Å²) in [6.07, 6.45) is 7.55. The Bertz CT molecular complexity index is 2200. The average Bonchev–Trinajstić information content (AvgIpc) is 4.06. The molecule has 15 nitrogen and oxygen atoms in total. The molecule has 308 valence electrons. The number of ether oxygens (including phenoxy) is 2. The molecule has 6 rings (SSSR count).